The maximum absolute atomic E-state index is 13.2. The van der Waals surface area contributed by atoms with Crippen molar-refractivity contribution in [3.63, 3.8) is 0 Å². The topological polar surface area (TPSA) is 143 Å². The van der Waals surface area contributed by atoms with Crippen LogP contribution in [0.15, 0.2) is 67.0 Å². The third-order valence-electron chi connectivity index (χ3n) is 5.48. The highest BCUT2D eigenvalue weighted by molar-refractivity contribution is 7.90. The molecule has 0 spiro atoms. The van der Waals surface area contributed by atoms with Crippen molar-refractivity contribution >= 4 is 16.0 Å². The minimum Gasteiger partial charge on any atom is -0.493 e. The molecule has 12 nitrogen and oxygen atoms in total. The van der Waals surface area contributed by atoms with E-state index in [-0.39, 0.29) is 49.0 Å². The van der Waals surface area contributed by atoms with Gasteiger partial charge in [0.05, 0.1) is 7.11 Å². The molecule has 204 valence electrons. The van der Waals surface area contributed by atoms with Crippen LogP contribution in [0.25, 0.3) is 11.4 Å². The fourth-order valence-electron chi connectivity index (χ4n) is 3.63. The van der Waals surface area contributed by atoms with Crippen LogP contribution in [0.4, 0.5) is 5.82 Å². The summed E-state index contributed by atoms with van der Waals surface area (Å²) in [5.41, 5.74) is 1.21. The van der Waals surface area contributed by atoms with Crippen molar-refractivity contribution in [3.05, 3.63) is 72.6 Å². The highest BCUT2D eigenvalue weighted by atomic mass is 32.2. The summed E-state index contributed by atoms with van der Waals surface area (Å²) >= 11 is 0. The van der Waals surface area contributed by atoms with Gasteiger partial charge in [0.25, 0.3) is 5.88 Å². The third-order valence-corrected chi connectivity index (χ3v) is 6.47. The number of hydrogen-bond donors (Lipinski definition) is 2. The predicted molar refractivity (Wildman–Crippen MR) is 145 cm³/mol. The summed E-state index contributed by atoms with van der Waals surface area (Å²) in [5, 5.41) is 0. The Kier molecular flexibility index (Phi) is 7.81. The van der Waals surface area contributed by atoms with Crippen LogP contribution in [-0.2, 0) is 16.8 Å². The summed E-state index contributed by atoms with van der Waals surface area (Å²) in [7, 11) is -2.72. The van der Waals surface area contributed by atoms with E-state index < -0.39 is 10.2 Å². The predicted octanol–water partition coefficient (Wildman–Crippen LogP) is 3.53. The molecule has 5 rings (SSSR count). The van der Waals surface area contributed by atoms with Crippen molar-refractivity contribution in [1.82, 2.24) is 19.7 Å². The zero-order valence-electron chi connectivity index (χ0n) is 21.2. The molecule has 0 aliphatic carbocycles. The Morgan fingerprint density at radius 3 is 2.58 bits per heavy atom. The summed E-state index contributed by atoms with van der Waals surface area (Å²) < 4.78 is 59.1. The molecule has 4 aromatic rings. The molecule has 0 saturated carbocycles. The molecule has 1 aliphatic heterocycles. The Balaban J connectivity index is 1.51. The lowest BCUT2D eigenvalue weighted by molar-refractivity contribution is 0.174. The van der Waals surface area contributed by atoms with Crippen LogP contribution in [0.2, 0.25) is 0 Å². The van der Waals surface area contributed by atoms with E-state index >= 15 is 0 Å². The zero-order chi connectivity index (χ0) is 28.0. The van der Waals surface area contributed by atoms with Crippen molar-refractivity contribution in [1.29, 1.82) is 0 Å². The molecule has 0 bridgehead atoms. The standard InChI is InChI=1S/C27H23N5O7S/c1-3-14-36-27-24(39-22-7-5-4-6-20(22)35-2)26(30-25(31-27)19-10-12-28-13-11-19)32-40(33,34)29-16-18-8-9-21-23(15-18)38-17-37-21/h1,4-13,15,29H,14,16-17H2,2H3,(H,30,31,32). The third kappa shape index (κ3) is 6.15. The minimum atomic E-state index is -4.20. The Labute approximate surface area is 230 Å². The number of nitrogens with zero attached hydrogens (tertiary/aromatic N) is 3. The number of terminal acetylenes is 1. The van der Waals surface area contributed by atoms with Crippen LogP contribution in [0, 0.1) is 12.3 Å². The second-order valence-corrected chi connectivity index (χ2v) is 9.63. The first-order valence-electron chi connectivity index (χ1n) is 11.8. The molecule has 0 fully saturated rings. The quantitative estimate of drug-likeness (QED) is 0.261. The lowest BCUT2D eigenvalue weighted by atomic mass is 10.2. The zero-order valence-corrected chi connectivity index (χ0v) is 22.0. The maximum Gasteiger partial charge on any atom is 0.300 e. The number of hydrogen-bond acceptors (Lipinski definition) is 10. The van der Waals surface area contributed by atoms with Gasteiger partial charge >= 0.3 is 10.2 Å². The molecule has 13 heteroatoms. The number of aromatic nitrogens is 3. The normalized spacial score (nSPS) is 11.9. The average Bonchev–Trinajstić information content (AvgIpc) is 3.45. The van der Waals surface area contributed by atoms with Crippen molar-refractivity contribution in [2.24, 2.45) is 0 Å². The summed E-state index contributed by atoms with van der Waals surface area (Å²) in [6.45, 7) is -0.0975. The molecule has 0 radical (unpaired) electrons. The maximum atomic E-state index is 13.2. The molecule has 0 amide bonds. The van der Waals surface area contributed by atoms with Crippen LogP contribution >= 0.6 is 0 Å². The van der Waals surface area contributed by atoms with E-state index in [0.29, 0.717) is 28.4 Å². The first kappa shape index (κ1) is 26.5. The molecule has 2 N–H and O–H groups in total. The van der Waals surface area contributed by atoms with Gasteiger partial charge in [0, 0.05) is 24.5 Å². The number of methoxy groups -OCH3 is 1. The van der Waals surface area contributed by atoms with Gasteiger partial charge in [-0.1, -0.05) is 24.1 Å². The van der Waals surface area contributed by atoms with Crippen molar-refractivity contribution in [2.45, 2.75) is 6.54 Å². The molecule has 2 aromatic carbocycles. The Bertz CT molecular complexity index is 1660. The Hall–Kier alpha value is -5.06. The fraction of sp³-hybridized carbons (Fsp3) is 0.148. The molecule has 3 heterocycles. The van der Waals surface area contributed by atoms with Gasteiger partial charge in [0.1, 0.15) is 0 Å². The lowest BCUT2D eigenvalue weighted by Crippen LogP contribution is -2.30. The molecule has 0 saturated heterocycles. The lowest BCUT2D eigenvalue weighted by Gasteiger charge is -2.18. The van der Waals surface area contributed by atoms with E-state index in [2.05, 4.69) is 30.3 Å². The number of fused-ring (bicyclic) bond motifs is 1. The number of pyridine rings is 1. The number of ether oxygens (including phenoxy) is 5. The largest absolute Gasteiger partial charge is 0.493 e. The van der Waals surface area contributed by atoms with Gasteiger partial charge in [0.15, 0.2) is 41.2 Å². The average molecular weight is 562 g/mol. The van der Waals surface area contributed by atoms with Crippen LogP contribution < -0.4 is 33.1 Å². The van der Waals surface area contributed by atoms with Gasteiger partial charge in [0.2, 0.25) is 12.5 Å². The monoisotopic (exact) mass is 561 g/mol. The summed E-state index contributed by atoms with van der Waals surface area (Å²) in [5.74, 6) is 3.90. The molecule has 40 heavy (non-hydrogen) atoms. The van der Waals surface area contributed by atoms with E-state index in [1.54, 1.807) is 67.0 Å². The second-order valence-electron chi connectivity index (χ2n) is 8.13. The van der Waals surface area contributed by atoms with Crippen LogP contribution in [0.5, 0.6) is 34.6 Å². The molecule has 0 atom stereocenters. The van der Waals surface area contributed by atoms with Crippen molar-refractivity contribution in [3.8, 4) is 58.4 Å². The Morgan fingerprint density at radius 1 is 1.02 bits per heavy atom. The van der Waals surface area contributed by atoms with E-state index in [9.17, 15) is 8.42 Å². The first-order chi connectivity index (χ1) is 19.5. The SMILES string of the molecule is C#CCOc1nc(-c2ccncc2)nc(NS(=O)(=O)NCc2ccc3c(c2)OCO3)c1Oc1ccccc1OC. The molecular weight excluding hydrogens is 538 g/mol. The fourth-order valence-corrected chi connectivity index (χ4v) is 4.46. The van der Waals surface area contributed by atoms with Gasteiger partial charge < -0.3 is 23.7 Å². The summed E-state index contributed by atoms with van der Waals surface area (Å²) in [6.07, 6.45) is 8.52. The van der Waals surface area contributed by atoms with E-state index in [4.69, 9.17) is 30.1 Å². The molecular formula is C27H23N5O7S. The number of anilines is 1. The van der Waals surface area contributed by atoms with Crippen LogP contribution in [0.1, 0.15) is 5.56 Å². The Morgan fingerprint density at radius 2 is 1.80 bits per heavy atom. The number of nitrogens with one attached hydrogen (secondary N) is 2. The smallest absolute Gasteiger partial charge is 0.300 e. The van der Waals surface area contributed by atoms with E-state index in [1.807, 2.05) is 0 Å². The molecule has 0 unspecified atom stereocenters. The number of rotatable bonds is 11. The van der Waals surface area contributed by atoms with Gasteiger partial charge in [-0.05, 0) is 42.0 Å². The minimum absolute atomic E-state index is 0.0442. The summed E-state index contributed by atoms with van der Waals surface area (Å²) in [6, 6.07) is 15.3. The van der Waals surface area contributed by atoms with Gasteiger partial charge in [-0.25, -0.2) is 4.98 Å². The van der Waals surface area contributed by atoms with E-state index in [0.717, 1.165) is 0 Å². The van der Waals surface area contributed by atoms with Gasteiger partial charge in [-0.2, -0.15) is 18.1 Å². The van der Waals surface area contributed by atoms with Crippen LogP contribution in [0.3, 0.4) is 0 Å². The summed E-state index contributed by atoms with van der Waals surface area (Å²) in [4.78, 5) is 12.9. The number of benzene rings is 2. The van der Waals surface area contributed by atoms with E-state index in [1.165, 1.54) is 7.11 Å². The van der Waals surface area contributed by atoms with Gasteiger partial charge in [-0.15, -0.1) is 6.42 Å². The van der Waals surface area contributed by atoms with Gasteiger partial charge in [-0.3, -0.25) is 9.71 Å². The second kappa shape index (κ2) is 11.8. The van der Waals surface area contributed by atoms with Crippen molar-refractivity contribution < 1.29 is 32.1 Å². The van der Waals surface area contributed by atoms with Crippen molar-refractivity contribution in [2.75, 3.05) is 25.2 Å². The molecule has 2 aromatic heterocycles. The van der Waals surface area contributed by atoms with Crippen LogP contribution in [-0.4, -0.2) is 43.9 Å². The first-order valence-corrected chi connectivity index (χ1v) is 13.3. The molecule has 1 aliphatic rings. The highest BCUT2D eigenvalue weighted by Crippen LogP contribution is 2.41. The number of para-hydroxylation sites is 2. The highest BCUT2D eigenvalue weighted by Gasteiger charge is 2.24.